The first-order valence-electron chi connectivity index (χ1n) is 6.36. The van der Waals surface area contributed by atoms with Crippen molar-refractivity contribution in [2.75, 3.05) is 39.4 Å². The normalized spacial score (nSPS) is 19.2. The molecule has 3 heteroatoms. The molecule has 1 aromatic rings. The first-order valence-corrected chi connectivity index (χ1v) is 6.36. The number of rotatable bonds is 4. The van der Waals surface area contributed by atoms with Gasteiger partial charge in [0.1, 0.15) is 0 Å². The van der Waals surface area contributed by atoms with E-state index in [4.69, 9.17) is 10.5 Å². The minimum atomic E-state index is 0.439. The Morgan fingerprint density at radius 1 is 1.24 bits per heavy atom. The average molecular weight is 234 g/mol. The molecule has 0 amide bonds. The van der Waals surface area contributed by atoms with Crippen molar-refractivity contribution in [2.45, 2.75) is 12.8 Å². The van der Waals surface area contributed by atoms with Crippen LogP contribution in [0.1, 0.15) is 17.0 Å². The summed E-state index contributed by atoms with van der Waals surface area (Å²) < 4.78 is 5.36. The summed E-state index contributed by atoms with van der Waals surface area (Å²) in [4.78, 5) is 2.45. The molecule has 1 fully saturated rings. The summed E-state index contributed by atoms with van der Waals surface area (Å²) in [6.45, 7) is 7.63. The van der Waals surface area contributed by atoms with Gasteiger partial charge >= 0.3 is 0 Å². The van der Waals surface area contributed by atoms with E-state index in [9.17, 15) is 0 Å². The standard InChI is InChI=1S/C14H22N2O/c1-12-2-4-13(5-3-12)14(10-15)11-16-6-8-17-9-7-16/h2-5,14H,6-11,15H2,1H3. The summed E-state index contributed by atoms with van der Waals surface area (Å²) in [5.41, 5.74) is 8.56. The Hall–Kier alpha value is -0.900. The quantitative estimate of drug-likeness (QED) is 0.855. The molecule has 0 aromatic heterocycles. The van der Waals surface area contributed by atoms with Gasteiger partial charge in [-0.15, -0.1) is 0 Å². The molecule has 1 heterocycles. The maximum atomic E-state index is 5.90. The molecule has 2 N–H and O–H groups in total. The van der Waals surface area contributed by atoms with E-state index in [1.54, 1.807) is 0 Å². The van der Waals surface area contributed by atoms with Crippen molar-refractivity contribution >= 4 is 0 Å². The van der Waals surface area contributed by atoms with Crippen molar-refractivity contribution < 1.29 is 4.74 Å². The van der Waals surface area contributed by atoms with Crippen LogP contribution >= 0.6 is 0 Å². The van der Waals surface area contributed by atoms with Crippen LogP contribution in [-0.2, 0) is 4.74 Å². The summed E-state index contributed by atoms with van der Waals surface area (Å²) in [5, 5.41) is 0. The van der Waals surface area contributed by atoms with Crippen LogP contribution < -0.4 is 5.73 Å². The molecule has 0 spiro atoms. The number of ether oxygens (including phenoxy) is 1. The maximum Gasteiger partial charge on any atom is 0.0594 e. The van der Waals surface area contributed by atoms with Crippen LogP contribution in [0.3, 0.4) is 0 Å². The van der Waals surface area contributed by atoms with Crippen LogP contribution in [0, 0.1) is 6.92 Å². The van der Waals surface area contributed by atoms with E-state index in [0.717, 1.165) is 32.8 Å². The van der Waals surface area contributed by atoms with Crippen LogP contribution in [0.2, 0.25) is 0 Å². The van der Waals surface area contributed by atoms with E-state index in [0.29, 0.717) is 12.5 Å². The van der Waals surface area contributed by atoms with Crippen LogP contribution in [0.15, 0.2) is 24.3 Å². The molecular formula is C14H22N2O. The third kappa shape index (κ3) is 3.53. The molecule has 0 aliphatic carbocycles. The lowest BCUT2D eigenvalue weighted by atomic mass is 9.97. The van der Waals surface area contributed by atoms with Crippen LogP contribution in [0.25, 0.3) is 0 Å². The number of benzene rings is 1. The summed E-state index contributed by atoms with van der Waals surface area (Å²) in [5.74, 6) is 0.439. The molecule has 1 aliphatic rings. The minimum absolute atomic E-state index is 0.439. The van der Waals surface area contributed by atoms with E-state index in [-0.39, 0.29) is 0 Å². The van der Waals surface area contributed by atoms with Gasteiger partial charge in [0.2, 0.25) is 0 Å². The van der Waals surface area contributed by atoms with E-state index in [1.165, 1.54) is 11.1 Å². The first-order chi connectivity index (χ1) is 8.29. The van der Waals surface area contributed by atoms with Crippen molar-refractivity contribution in [3.63, 3.8) is 0 Å². The Bertz CT molecular complexity index is 331. The summed E-state index contributed by atoms with van der Waals surface area (Å²) in [7, 11) is 0. The molecule has 1 aromatic carbocycles. The number of morpholine rings is 1. The molecule has 1 aliphatic heterocycles. The van der Waals surface area contributed by atoms with E-state index >= 15 is 0 Å². The molecule has 17 heavy (non-hydrogen) atoms. The zero-order chi connectivity index (χ0) is 12.1. The zero-order valence-electron chi connectivity index (χ0n) is 10.6. The van der Waals surface area contributed by atoms with Gasteiger partial charge in [-0.2, -0.15) is 0 Å². The van der Waals surface area contributed by atoms with Gasteiger partial charge in [-0.25, -0.2) is 0 Å². The van der Waals surface area contributed by atoms with Crippen LogP contribution in [-0.4, -0.2) is 44.3 Å². The van der Waals surface area contributed by atoms with Gasteiger partial charge in [0.25, 0.3) is 0 Å². The molecule has 2 rings (SSSR count). The minimum Gasteiger partial charge on any atom is -0.379 e. The predicted octanol–water partition coefficient (Wildman–Crippen LogP) is 1.37. The SMILES string of the molecule is Cc1ccc(C(CN)CN2CCOCC2)cc1. The molecular weight excluding hydrogens is 212 g/mol. The van der Waals surface area contributed by atoms with Gasteiger partial charge in [-0.1, -0.05) is 29.8 Å². The lowest BCUT2D eigenvalue weighted by Gasteiger charge is -2.30. The van der Waals surface area contributed by atoms with E-state index in [2.05, 4.69) is 36.1 Å². The van der Waals surface area contributed by atoms with Crippen LogP contribution in [0.5, 0.6) is 0 Å². The Labute approximate surface area is 104 Å². The van der Waals surface area contributed by atoms with Gasteiger partial charge in [0.05, 0.1) is 13.2 Å². The highest BCUT2D eigenvalue weighted by Gasteiger charge is 2.16. The van der Waals surface area contributed by atoms with Gasteiger partial charge in [-0.3, -0.25) is 4.90 Å². The summed E-state index contributed by atoms with van der Waals surface area (Å²) >= 11 is 0. The van der Waals surface area contributed by atoms with Crippen LogP contribution in [0.4, 0.5) is 0 Å². The van der Waals surface area contributed by atoms with Crippen molar-refractivity contribution in [1.29, 1.82) is 0 Å². The number of aryl methyl sites for hydroxylation is 1. The fraction of sp³-hybridized carbons (Fsp3) is 0.571. The Morgan fingerprint density at radius 3 is 2.47 bits per heavy atom. The lowest BCUT2D eigenvalue weighted by molar-refractivity contribution is 0.0353. The summed E-state index contributed by atoms with van der Waals surface area (Å²) in [6, 6.07) is 8.73. The highest BCUT2D eigenvalue weighted by atomic mass is 16.5. The monoisotopic (exact) mass is 234 g/mol. The number of hydrogen-bond donors (Lipinski definition) is 1. The smallest absolute Gasteiger partial charge is 0.0594 e. The van der Waals surface area contributed by atoms with Gasteiger partial charge in [0, 0.05) is 32.1 Å². The molecule has 0 radical (unpaired) electrons. The second kappa shape index (κ2) is 6.15. The van der Waals surface area contributed by atoms with E-state index in [1.807, 2.05) is 0 Å². The second-order valence-corrected chi connectivity index (χ2v) is 4.76. The fourth-order valence-electron chi connectivity index (χ4n) is 2.25. The zero-order valence-corrected chi connectivity index (χ0v) is 10.6. The molecule has 3 nitrogen and oxygen atoms in total. The second-order valence-electron chi connectivity index (χ2n) is 4.76. The number of nitrogens with two attached hydrogens (primary N) is 1. The topological polar surface area (TPSA) is 38.5 Å². The number of nitrogens with zero attached hydrogens (tertiary/aromatic N) is 1. The van der Waals surface area contributed by atoms with Gasteiger partial charge < -0.3 is 10.5 Å². The Balaban J connectivity index is 1.97. The first kappa shape index (κ1) is 12.6. The van der Waals surface area contributed by atoms with Crippen molar-refractivity contribution in [2.24, 2.45) is 5.73 Å². The van der Waals surface area contributed by atoms with Gasteiger partial charge in [-0.05, 0) is 12.5 Å². The fourth-order valence-corrected chi connectivity index (χ4v) is 2.25. The lowest BCUT2D eigenvalue weighted by Crippen LogP contribution is -2.40. The molecule has 1 saturated heterocycles. The highest BCUT2D eigenvalue weighted by Crippen LogP contribution is 2.17. The molecule has 94 valence electrons. The third-order valence-electron chi connectivity index (χ3n) is 3.42. The molecule has 0 saturated carbocycles. The molecule has 0 bridgehead atoms. The summed E-state index contributed by atoms with van der Waals surface area (Å²) in [6.07, 6.45) is 0. The van der Waals surface area contributed by atoms with Gasteiger partial charge in [0.15, 0.2) is 0 Å². The van der Waals surface area contributed by atoms with Crippen molar-refractivity contribution in [3.05, 3.63) is 35.4 Å². The van der Waals surface area contributed by atoms with Crippen molar-refractivity contribution in [3.8, 4) is 0 Å². The van der Waals surface area contributed by atoms with E-state index < -0.39 is 0 Å². The largest absolute Gasteiger partial charge is 0.379 e. The number of hydrogen-bond acceptors (Lipinski definition) is 3. The third-order valence-corrected chi connectivity index (χ3v) is 3.42. The Kier molecular flexibility index (Phi) is 4.54. The van der Waals surface area contributed by atoms with Crippen molar-refractivity contribution in [1.82, 2.24) is 4.90 Å². The molecule has 1 atom stereocenters. The Morgan fingerprint density at radius 2 is 1.88 bits per heavy atom. The molecule has 1 unspecified atom stereocenters. The predicted molar refractivity (Wildman–Crippen MR) is 70.2 cm³/mol. The maximum absolute atomic E-state index is 5.90. The highest BCUT2D eigenvalue weighted by molar-refractivity contribution is 5.25. The average Bonchev–Trinajstić information content (AvgIpc) is 2.38.